The highest BCUT2D eigenvalue weighted by molar-refractivity contribution is 6.07. The largest absolute Gasteiger partial charge is 0.396 e. The number of rotatable bonds is 8. The van der Waals surface area contributed by atoms with Crippen LogP contribution in [-0.2, 0) is 4.79 Å². The number of benzene rings is 1. The van der Waals surface area contributed by atoms with Crippen molar-refractivity contribution in [2.45, 2.75) is 32.1 Å². The Labute approximate surface area is 101 Å². The smallest absolute Gasteiger partial charge is 0.170 e. The first-order valence-corrected chi connectivity index (χ1v) is 5.95. The molecule has 0 fully saturated rings. The Bertz CT molecular complexity index is 357. The Morgan fingerprint density at radius 3 is 2.35 bits per heavy atom. The molecule has 0 heterocycles. The number of hydrogen-bond donors (Lipinski definition) is 1. The summed E-state index contributed by atoms with van der Waals surface area (Å²) < 4.78 is 0. The molecule has 1 rings (SSSR count). The van der Waals surface area contributed by atoms with Crippen LogP contribution in [0.5, 0.6) is 0 Å². The molecule has 0 saturated heterocycles. The Hall–Kier alpha value is -1.48. The number of carbonyl (C=O) groups excluding carboxylic acids is 2. The number of hydrogen-bond acceptors (Lipinski definition) is 3. The Kier molecular flexibility index (Phi) is 6.18. The number of unbranched alkanes of at least 4 members (excludes halogenated alkanes) is 2. The summed E-state index contributed by atoms with van der Waals surface area (Å²) in [6, 6.07) is 8.87. The van der Waals surface area contributed by atoms with Crippen LogP contribution in [0.2, 0.25) is 0 Å². The first-order valence-electron chi connectivity index (χ1n) is 5.95. The van der Waals surface area contributed by atoms with Crippen molar-refractivity contribution in [3.8, 4) is 0 Å². The normalized spacial score (nSPS) is 10.2. The highest BCUT2D eigenvalue weighted by Crippen LogP contribution is 2.07. The van der Waals surface area contributed by atoms with E-state index in [1.165, 1.54) is 0 Å². The maximum atomic E-state index is 11.7. The van der Waals surface area contributed by atoms with E-state index in [0.29, 0.717) is 12.0 Å². The zero-order valence-corrected chi connectivity index (χ0v) is 9.89. The van der Waals surface area contributed by atoms with Gasteiger partial charge in [0.05, 0.1) is 6.42 Å². The van der Waals surface area contributed by atoms with E-state index in [-0.39, 0.29) is 24.6 Å². The first kappa shape index (κ1) is 13.6. The van der Waals surface area contributed by atoms with E-state index in [1.807, 2.05) is 6.07 Å². The van der Waals surface area contributed by atoms with Crippen LogP contribution in [-0.4, -0.2) is 23.3 Å². The van der Waals surface area contributed by atoms with E-state index in [1.54, 1.807) is 24.3 Å². The first-order chi connectivity index (χ1) is 8.24. The van der Waals surface area contributed by atoms with E-state index in [4.69, 9.17) is 5.11 Å². The molecular weight excluding hydrogens is 216 g/mol. The molecular formula is C14H18O3. The second kappa shape index (κ2) is 7.74. The zero-order valence-electron chi connectivity index (χ0n) is 9.89. The molecule has 1 aromatic rings. The maximum Gasteiger partial charge on any atom is 0.170 e. The molecule has 0 bridgehead atoms. The molecule has 0 aliphatic carbocycles. The number of aliphatic hydroxyl groups is 1. The summed E-state index contributed by atoms with van der Waals surface area (Å²) in [5.41, 5.74) is 0.594. The second-order valence-corrected chi connectivity index (χ2v) is 4.04. The van der Waals surface area contributed by atoms with Gasteiger partial charge in [-0.25, -0.2) is 0 Å². The van der Waals surface area contributed by atoms with Gasteiger partial charge in [-0.2, -0.15) is 0 Å². The summed E-state index contributed by atoms with van der Waals surface area (Å²) >= 11 is 0. The van der Waals surface area contributed by atoms with Gasteiger partial charge < -0.3 is 5.11 Å². The highest BCUT2D eigenvalue weighted by Gasteiger charge is 2.10. The van der Waals surface area contributed by atoms with E-state index >= 15 is 0 Å². The molecule has 0 aromatic heterocycles. The van der Waals surface area contributed by atoms with Crippen LogP contribution in [0.3, 0.4) is 0 Å². The van der Waals surface area contributed by atoms with Gasteiger partial charge in [0, 0.05) is 18.6 Å². The molecule has 1 aromatic carbocycles. The van der Waals surface area contributed by atoms with Gasteiger partial charge in [0.2, 0.25) is 0 Å². The molecule has 3 nitrogen and oxygen atoms in total. The minimum atomic E-state index is -0.113. The number of ketones is 2. The van der Waals surface area contributed by atoms with Gasteiger partial charge in [-0.1, -0.05) is 36.8 Å². The molecule has 17 heavy (non-hydrogen) atoms. The molecule has 1 N–H and O–H groups in total. The zero-order chi connectivity index (χ0) is 12.5. The lowest BCUT2D eigenvalue weighted by molar-refractivity contribution is -0.118. The average Bonchev–Trinajstić information content (AvgIpc) is 2.36. The lowest BCUT2D eigenvalue weighted by Gasteiger charge is -2.01. The topological polar surface area (TPSA) is 54.4 Å². The lowest BCUT2D eigenvalue weighted by atomic mass is 10.0. The summed E-state index contributed by atoms with van der Waals surface area (Å²) in [6.07, 6.45) is 2.73. The van der Waals surface area contributed by atoms with Crippen molar-refractivity contribution < 1.29 is 14.7 Å². The molecule has 3 heteroatoms. The fourth-order valence-corrected chi connectivity index (χ4v) is 1.60. The van der Waals surface area contributed by atoms with Crippen LogP contribution in [0.1, 0.15) is 42.5 Å². The summed E-state index contributed by atoms with van der Waals surface area (Å²) in [5, 5.41) is 8.59. The quantitative estimate of drug-likeness (QED) is 0.427. The monoisotopic (exact) mass is 234 g/mol. The van der Waals surface area contributed by atoms with Gasteiger partial charge in [0.15, 0.2) is 5.78 Å². The van der Waals surface area contributed by atoms with Crippen LogP contribution < -0.4 is 0 Å². The van der Waals surface area contributed by atoms with Crippen molar-refractivity contribution in [2.24, 2.45) is 0 Å². The van der Waals surface area contributed by atoms with Crippen molar-refractivity contribution in [2.75, 3.05) is 6.61 Å². The van der Waals surface area contributed by atoms with Gasteiger partial charge in [-0.15, -0.1) is 0 Å². The van der Waals surface area contributed by atoms with E-state index in [0.717, 1.165) is 19.3 Å². The fourth-order valence-electron chi connectivity index (χ4n) is 1.60. The van der Waals surface area contributed by atoms with E-state index < -0.39 is 0 Å². The fraction of sp³-hybridized carbons (Fsp3) is 0.429. The molecule has 0 spiro atoms. The third-order valence-corrected chi connectivity index (χ3v) is 2.57. The average molecular weight is 234 g/mol. The van der Waals surface area contributed by atoms with Crippen molar-refractivity contribution in [3.63, 3.8) is 0 Å². The number of Topliss-reactive ketones (excluding diaryl/α,β-unsaturated/α-hetero) is 2. The highest BCUT2D eigenvalue weighted by atomic mass is 16.2. The minimum absolute atomic E-state index is 0.0108. The van der Waals surface area contributed by atoms with E-state index in [9.17, 15) is 9.59 Å². The molecule has 0 aliphatic heterocycles. The standard InChI is InChI=1S/C14H18O3/c15-10-6-2-5-9-13(16)11-14(17)12-7-3-1-4-8-12/h1,3-4,7-8,15H,2,5-6,9-11H2. The summed E-state index contributed by atoms with van der Waals surface area (Å²) in [7, 11) is 0. The molecule has 0 unspecified atom stereocenters. The van der Waals surface area contributed by atoms with Crippen LogP contribution in [0.4, 0.5) is 0 Å². The molecule has 0 saturated carbocycles. The third kappa shape index (κ3) is 5.41. The second-order valence-electron chi connectivity index (χ2n) is 4.04. The summed E-state index contributed by atoms with van der Waals surface area (Å²) in [6.45, 7) is 0.164. The predicted octanol–water partition coefficient (Wildman–Crippen LogP) is 2.38. The maximum absolute atomic E-state index is 11.7. The van der Waals surface area contributed by atoms with Crippen LogP contribution in [0.25, 0.3) is 0 Å². The van der Waals surface area contributed by atoms with Gasteiger partial charge in [0.25, 0.3) is 0 Å². The number of carbonyl (C=O) groups is 2. The molecule has 0 radical (unpaired) electrons. The Balaban J connectivity index is 2.29. The van der Waals surface area contributed by atoms with Crippen molar-refractivity contribution in [1.29, 1.82) is 0 Å². The predicted molar refractivity (Wildman–Crippen MR) is 66.0 cm³/mol. The summed E-state index contributed by atoms with van der Waals surface area (Å²) in [5.74, 6) is -0.130. The van der Waals surface area contributed by atoms with Gasteiger partial charge in [-0.3, -0.25) is 9.59 Å². The van der Waals surface area contributed by atoms with Crippen LogP contribution in [0.15, 0.2) is 30.3 Å². The number of aliphatic hydroxyl groups excluding tert-OH is 1. The lowest BCUT2D eigenvalue weighted by Crippen LogP contribution is -2.08. The van der Waals surface area contributed by atoms with Gasteiger partial charge >= 0.3 is 0 Å². The Morgan fingerprint density at radius 2 is 1.71 bits per heavy atom. The van der Waals surface area contributed by atoms with Crippen molar-refractivity contribution in [1.82, 2.24) is 0 Å². The van der Waals surface area contributed by atoms with E-state index in [2.05, 4.69) is 0 Å². The van der Waals surface area contributed by atoms with Crippen LogP contribution >= 0.6 is 0 Å². The molecule has 0 amide bonds. The molecule has 0 atom stereocenters. The third-order valence-electron chi connectivity index (χ3n) is 2.57. The minimum Gasteiger partial charge on any atom is -0.396 e. The van der Waals surface area contributed by atoms with Crippen LogP contribution in [0, 0.1) is 0 Å². The SMILES string of the molecule is O=C(CCCCCO)CC(=O)c1ccccc1. The Morgan fingerprint density at radius 1 is 1.00 bits per heavy atom. The molecule has 0 aliphatic rings. The van der Waals surface area contributed by atoms with Crippen molar-refractivity contribution in [3.05, 3.63) is 35.9 Å². The van der Waals surface area contributed by atoms with Gasteiger partial charge in [-0.05, 0) is 12.8 Å². The molecule has 92 valence electrons. The summed E-state index contributed by atoms with van der Waals surface area (Å²) in [4.78, 5) is 23.2. The van der Waals surface area contributed by atoms with Gasteiger partial charge in [0.1, 0.15) is 5.78 Å². The van der Waals surface area contributed by atoms with Crippen molar-refractivity contribution >= 4 is 11.6 Å².